The summed E-state index contributed by atoms with van der Waals surface area (Å²) >= 11 is 5.79. The van der Waals surface area contributed by atoms with Crippen LogP contribution >= 0.6 is 11.6 Å². The van der Waals surface area contributed by atoms with Crippen LogP contribution in [0.3, 0.4) is 0 Å². The van der Waals surface area contributed by atoms with Crippen LogP contribution in [0.5, 0.6) is 0 Å². The van der Waals surface area contributed by atoms with E-state index < -0.39 is 5.82 Å². The number of fused-ring (bicyclic) bond motifs is 1. The number of rotatable bonds is 5. The van der Waals surface area contributed by atoms with Gasteiger partial charge in [0.25, 0.3) is 11.8 Å². The fourth-order valence-electron chi connectivity index (χ4n) is 4.82. The van der Waals surface area contributed by atoms with Crippen molar-refractivity contribution >= 4 is 29.1 Å². The molecule has 2 amide bonds. The van der Waals surface area contributed by atoms with Gasteiger partial charge < -0.3 is 10.2 Å². The predicted octanol–water partition coefficient (Wildman–Crippen LogP) is 4.26. The number of halogens is 2. The van der Waals surface area contributed by atoms with Crippen molar-refractivity contribution in [1.82, 2.24) is 19.6 Å². The summed E-state index contributed by atoms with van der Waals surface area (Å²) < 4.78 is 15.2. The smallest absolute Gasteiger partial charge is 0.274 e. The molecular formula is C26H27ClFN5O2. The maximum atomic E-state index is 13.3. The summed E-state index contributed by atoms with van der Waals surface area (Å²) in [5, 5.41) is 7.27. The highest BCUT2D eigenvalue weighted by Gasteiger charge is 2.30. The Morgan fingerprint density at radius 2 is 1.83 bits per heavy atom. The largest absolute Gasteiger partial charge is 0.337 e. The standard InChI is InChI=1S/C26H27ClFN5O2/c1-31-23-10-13-32(16-20(23)24(30-31)26(35)33-11-2-3-12-33)15-17-4-6-18(7-5-17)25(34)29-19-8-9-22(28)21(27)14-19/h4-9,14H,2-3,10-13,15-16H2,1H3,(H,29,34). The van der Waals surface area contributed by atoms with Gasteiger partial charge in [0.15, 0.2) is 5.69 Å². The van der Waals surface area contributed by atoms with E-state index >= 15 is 0 Å². The van der Waals surface area contributed by atoms with Crippen molar-refractivity contribution in [3.63, 3.8) is 0 Å². The molecule has 3 heterocycles. The molecule has 3 aromatic rings. The normalized spacial score (nSPS) is 15.8. The minimum atomic E-state index is -0.530. The number of amides is 2. The molecule has 1 aromatic heterocycles. The number of hydrogen-bond donors (Lipinski definition) is 1. The lowest BCUT2D eigenvalue weighted by atomic mass is 10.0. The molecule has 0 bridgehead atoms. The third-order valence-corrected chi connectivity index (χ3v) is 7.01. The van der Waals surface area contributed by atoms with E-state index in [1.807, 2.05) is 28.8 Å². The number of nitrogens with one attached hydrogen (secondary N) is 1. The van der Waals surface area contributed by atoms with Crippen LogP contribution in [-0.2, 0) is 26.6 Å². The summed E-state index contributed by atoms with van der Waals surface area (Å²) in [6, 6.07) is 11.5. The quantitative estimate of drug-likeness (QED) is 0.574. The number of benzene rings is 2. The lowest BCUT2D eigenvalue weighted by Crippen LogP contribution is -2.33. The number of anilines is 1. The van der Waals surface area contributed by atoms with Crippen LogP contribution in [0.2, 0.25) is 5.02 Å². The van der Waals surface area contributed by atoms with Crippen LogP contribution in [0.4, 0.5) is 10.1 Å². The molecule has 2 aromatic carbocycles. The summed E-state index contributed by atoms with van der Waals surface area (Å²) in [4.78, 5) is 29.8. The van der Waals surface area contributed by atoms with Crippen molar-refractivity contribution in [1.29, 1.82) is 0 Å². The predicted molar refractivity (Wildman–Crippen MR) is 132 cm³/mol. The Morgan fingerprint density at radius 1 is 1.09 bits per heavy atom. The lowest BCUT2D eigenvalue weighted by molar-refractivity contribution is 0.0783. The molecule has 1 N–H and O–H groups in total. The highest BCUT2D eigenvalue weighted by atomic mass is 35.5. The Hall–Kier alpha value is -3.23. The van der Waals surface area contributed by atoms with Crippen LogP contribution < -0.4 is 5.32 Å². The molecule has 5 rings (SSSR count). The first-order valence-corrected chi connectivity index (χ1v) is 12.2. The first-order valence-electron chi connectivity index (χ1n) is 11.8. The molecule has 1 fully saturated rings. The van der Waals surface area contributed by atoms with Gasteiger partial charge in [0.2, 0.25) is 0 Å². The number of aromatic nitrogens is 2. The van der Waals surface area contributed by atoms with Gasteiger partial charge in [-0.3, -0.25) is 19.2 Å². The Bertz CT molecular complexity index is 1270. The lowest BCUT2D eigenvalue weighted by Gasteiger charge is -2.28. The number of carbonyl (C=O) groups is 2. The van der Waals surface area contributed by atoms with E-state index in [0.29, 0.717) is 30.0 Å². The van der Waals surface area contributed by atoms with E-state index in [-0.39, 0.29) is 16.8 Å². The molecule has 0 spiro atoms. The SMILES string of the molecule is Cn1nc(C(=O)N2CCCC2)c2c1CCN(Cc1ccc(C(=O)Nc3ccc(F)c(Cl)c3)cc1)C2. The average Bonchev–Trinajstić information content (AvgIpc) is 3.50. The zero-order chi connectivity index (χ0) is 24.5. The van der Waals surface area contributed by atoms with Gasteiger partial charge in [-0.2, -0.15) is 5.10 Å². The van der Waals surface area contributed by atoms with E-state index in [4.69, 9.17) is 11.6 Å². The minimum absolute atomic E-state index is 0.0401. The monoisotopic (exact) mass is 495 g/mol. The molecule has 0 radical (unpaired) electrons. The first-order chi connectivity index (χ1) is 16.9. The fraction of sp³-hybridized carbons (Fsp3) is 0.346. The summed E-state index contributed by atoms with van der Waals surface area (Å²) in [5.74, 6) is -0.779. The van der Waals surface area contributed by atoms with Gasteiger partial charge in [-0.25, -0.2) is 4.39 Å². The Kier molecular flexibility index (Phi) is 6.58. The third-order valence-electron chi connectivity index (χ3n) is 6.72. The summed E-state index contributed by atoms with van der Waals surface area (Å²) in [7, 11) is 1.92. The Morgan fingerprint density at radius 3 is 2.54 bits per heavy atom. The molecule has 7 nitrogen and oxygen atoms in total. The molecule has 0 aliphatic carbocycles. The molecule has 9 heteroatoms. The summed E-state index contributed by atoms with van der Waals surface area (Å²) in [6.07, 6.45) is 2.95. The zero-order valence-corrected chi connectivity index (χ0v) is 20.3. The molecule has 0 unspecified atom stereocenters. The maximum Gasteiger partial charge on any atom is 0.274 e. The van der Waals surface area contributed by atoms with E-state index in [1.54, 1.807) is 12.1 Å². The molecule has 0 saturated carbocycles. The topological polar surface area (TPSA) is 70.5 Å². The number of aryl methyl sites for hydroxylation is 1. The van der Waals surface area contributed by atoms with Crippen molar-refractivity contribution in [3.8, 4) is 0 Å². The van der Waals surface area contributed by atoms with Gasteiger partial charge in [-0.1, -0.05) is 23.7 Å². The van der Waals surface area contributed by atoms with Crippen molar-refractivity contribution in [2.24, 2.45) is 7.05 Å². The van der Waals surface area contributed by atoms with Gasteiger partial charge in [-0.15, -0.1) is 0 Å². The number of hydrogen-bond acceptors (Lipinski definition) is 4. The van der Waals surface area contributed by atoms with E-state index in [0.717, 1.165) is 55.7 Å². The Balaban J connectivity index is 1.24. The van der Waals surface area contributed by atoms with Crippen molar-refractivity contribution < 1.29 is 14.0 Å². The molecule has 1 saturated heterocycles. The summed E-state index contributed by atoms with van der Waals surface area (Å²) in [5.41, 5.74) is 4.76. The second kappa shape index (κ2) is 9.79. The fourth-order valence-corrected chi connectivity index (χ4v) is 5.00. The van der Waals surface area contributed by atoms with Crippen molar-refractivity contribution in [3.05, 3.63) is 81.4 Å². The van der Waals surface area contributed by atoms with Gasteiger partial charge >= 0.3 is 0 Å². The van der Waals surface area contributed by atoms with Crippen molar-refractivity contribution in [2.75, 3.05) is 25.0 Å². The molecule has 0 atom stereocenters. The highest BCUT2D eigenvalue weighted by Crippen LogP contribution is 2.26. The zero-order valence-electron chi connectivity index (χ0n) is 19.6. The van der Waals surface area contributed by atoms with Crippen LogP contribution in [0.1, 0.15) is 50.5 Å². The third kappa shape index (κ3) is 4.94. The van der Waals surface area contributed by atoms with E-state index in [9.17, 15) is 14.0 Å². The highest BCUT2D eigenvalue weighted by molar-refractivity contribution is 6.31. The van der Waals surface area contributed by atoms with Crippen LogP contribution in [0.15, 0.2) is 42.5 Å². The van der Waals surface area contributed by atoms with Crippen LogP contribution in [-0.4, -0.2) is 51.0 Å². The second-order valence-electron chi connectivity index (χ2n) is 9.14. The average molecular weight is 496 g/mol. The number of nitrogens with zero attached hydrogens (tertiary/aromatic N) is 4. The van der Waals surface area contributed by atoms with Crippen LogP contribution in [0, 0.1) is 5.82 Å². The van der Waals surface area contributed by atoms with E-state index in [1.165, 1.54) is 18.2 Å². The first kappa shape index (κ1) is 23.5. The second-order valence-corrected chi connectivity index (χ2v) is 9.54. The molecular weight excluding hydrogens is 469 g/mol. The molecule has 35 heavy (non-hydrogen) atoms. The molecule has 2 aliphatic heterocycles. The van der Waals surface area contributed by atoms with E-state index in [2.05, 4.69) is 15.3 Å². The van der Waals surface area contributed by atoms with Gasteiger partial charge in [0.05, 0.1) is 5.02 Å². The van der Waals surface area contributed by atoms with Crippen LogP contribution in [0.25, 0.3) is 0 Å². The molecule has 2 aliphatic rings. The maximum absolute atomic E-state index is 13.3. The number of carbonyl (C=O) groups excluding carboxylic acids is 2. The van der Waals surface area contributed by atoms with Gasteiger partial charge in [-0.05, 0) is 48.7 Å². The molecule has 182 valence electrons. The Labute approximate surface area is 208 Å². The summed E-state index contributed by atoms with van der Waals surface area (Å²) in [6.45, 7) is 3.87. The van der Waals surface area contributed by atoms with Gasteiger partial charge in [0.1, 0.15) is 5.82 Å². The van der Waals surface area contributed by atoms with Crippen molar-refractivity contribution in [2.45, 2.75) is 32.4 Å². The minimum Gasteiger partial charge on any atom is -0.337 e. The van der Waals surface area contributed by atoms with Gasteiger partial charge in [0, 0.05) is 68.7 Å². The number of likely N-dealkylation sites (tertiary alicyclic amines) is 1.